The molecule has 100 valence electrons. The number of rotatable bonds is 1. The fraction of sp³-hybridized carbons (Fsp3) is 0.200. The molecule has 1 aliphatic rings. The minimum Gasteiger partial charge on any atom is -0.330 e. The molecule has 0 unspecified atom stereocenters. The number of thiophene rings is 1. The highest BCUT2D eigenvalue weighted by atomic mass is 32.1. The first-order valence-electron chi connectivity index (χ1n) is 6.60. The maximum absolute atomic E-state index is 12.6. The van der Waals surface area contributed by atoms with Crippen molar-refractivity contribution in [3.05, 3.63) is 53.2 Å². The molecule has 0 atom stereocenters. The van der Waals surface area contributed by atoms with Gasteiger partial charge in [0.15, 0.2) is 0 Å². The van der Waals surface area contributed by atoms with Gasteiger partial charge in [-0.25, -0.2) is 0 Å². The van der Waals surface area contributed by atoms with Crippen LogP contribution in [0.5, 0.6) is 0 Å². The molecule has 5 heteroatoms. The Balaban J connectivity index is 1.64. The summed E-state index contributed by atoms with van der Waals surface area (Å²) >= 11 is 1.57. The number of carbonyl (C=O) groups is 1. The second kappa shape index (κ2) is 4.45. The van der Waals surface area contributed by atoms with E-state index in [1.165, 1.54) is 0 Å². The molecule has 0 aliphatic carbocycles. The van der Waals surface area contributed by atoms with Crippen LogP contribution in [-0.4, -0.2) is 27.1 Å². The lowest BCUT2D eigenvalue weighted by Crippen LogP contribution is -2.38. The molecule has 3 heterocycles. The Hall–Kier alpha value is -2.14. The second-order valence-electron chi connectivity index (χ2n) is 4.92. The van der Waals surface area contributed by atoms with Gasteiger partial charge in [0.25, 0.3) is 5.91 Å². The number of hydrogen-bond donors (Lipinski definition) is 0. The van der Waals surface area contributed by atoms with E-state index in [-0.39, 0.29) is 5.91 Å². The molecule has 0 bridgehead atoms. The van der Waals surface area contributed by atoms with Crippen LogP contribution in [-0.2, 0) is 13.1 Å². The average Bonchev–Trinajstić information content (AvgIpc) is 3.11. The van der Waals surface area contributed by atoms with E-state index in [1.807, 2.05) is 39.9 Å². The number of aromatic nitrogens is 2. The topological polar surface area (TPSA) is 38.1 Å². The van der Waals surface area contributed by atoms with Gasteiger partial charge in [-0.2, -0.15) is 5.10 Å². The van der Waals surface area contributed by atoms with E-state index in [0.717, 1.165) is 33.7 Å². The largest absolute Gasteiger partial charge is 0.330 e. The van der Waals surface area contributed by atoms with Crippen LogP contribution >= 0.6 is 11.3 Å². The summed E-state index contributed by atoms with van der Waals surface area (Å²) in [6, 6.07) is 12.1. The average molecular weight is 283 g/mol. The summed E-state index contributed by atoms with van der Waals surface area (Å²) in [6.45, 7) is 2.15. The van der Waals surface area contributed by atoms with E-state index in [4.69, 9.17) is 0 Å². The van der Waals surface area contributed by atoms with Crippen molar-refractivity contribution in [3.63, 3.8) is 0 Å². The van der Waals surface area contributed by atoms with Gasteiger partial charge in [0.1, 0.15) is 0 Å². The molecule has 4 rings (SSSR count). The molecule has 1 amide bonds. The van der Waals surface area contributed by atoms with Gasteiger partial charge in [0.2, 0.25) is 0 Å². The molecule has 0 N–H and O–H groups in total. The molecule has 0 spiro atoms. The van der Waals surface area contributed by atoms with Crippen molar-refractivity contribution in [2.24, 2.45) is 0 Å². The molecule has 20 heavy (non-hydrogen) atoms. The fourth-order valence-electron chi connectivity index (χ4n) is 2.60. The molecular weight excluding hydrogens is 270 g/mol. The summed E-state index contributed by atoms with van der Waals surface area (Å²) in [5, 5.41) is 5.38. The van der Waals surface area contributed by atoms with Crippen LogP contribution in [0.1, 0.15) is 15.4 Å². The number of benzene rings is 1. The summed E-state index contributed by atoms with van der Waals surface area (Å²) in [5.74, 6) is 0.124. The summed E-state index contributed by atoms with van der Waals surface area (Å²) in [4.78, 5) is 15.3. The maximum Gasteiger partial charge on any atom is 0.264 e. The first-order valence-corrected chi connectivity index (χ1v) is 7.41. The Morgan fingerprint density at radius 2 is 2.10 bits per heavy atom. The van der Waals surface area contributed by atoms with E-state index in [1.54, 1.807) is 17.5 Å². The maximum atomic E-state index is 12.6. The van der Waals surface area contributed by atoms with E-state index in [0.29, 0.717) is 6.54 Å². The number of amides is 1. The number of carbonyl (C=O) groups excluding carboxylic acids is 1. The lowest BCUT2D eigenvalue weighted by Gasteiger charge is -2.27. The summed E-state index contributed by atoms with van der Waals surface area (Å²) in [5.41, 5.74) is 1.10. The van der Waals surface area contributed by atoms with Gasteiger partial charge in [-0.05, 0) is 23.6 Å². The van der Waals surface area contributed by atoms with Gasteiger partial charge in [-0.15, -0.1) is 11.3 Å². The molecule has 3 aromatic rings. The Kier molecular flexibility index (Phi) is 2.60. The second-order valence-corrected chi connectivity index (χ2v) is 6.00. The molecule has 0 radical (unpaired) electrons. The quantitative estimate of drug-likeness (QED) is 0.689. The smallest absolute Gasteiger partial charge is 0.264 e. The number of fused-ring (bicyclic) bond motifs is 2. The van der Waals surface area contributed by atoms with Gasteiger partial charge in [-0.3, -0.25) is 9.48 Å². The lowest BCUT2D eigenvalue weighted by molar-refractivity contribution is 0.0711. The summed E-state index contributed by atoms with van der Waals surface area (Å²) in [7, 11) is 0. The van der Waals surface area contributed by atoms with Gasteiger partial charge in [-0.1, -0.05) is 18.2 Å². The number of nitrogens with zero attached hydrogens (tertiary/aromatic N) is 3. The van der Waals surface area contributed by atoms with Crippen LogP contribution in [0.25, 0.3) is 10.1 Å². The van der Waals surface area contributed by atoms with Gasteiger partial charge in [0, 0.05) is 17.4 Å². The summed E-state index contributed by atoms with van der Waals surface area (Å²) in [6.07, 6.45) is 1.79. The third kappa shape index (κ3) is 1.82. The van der Waals surface area contributed by atoms with Crippen molar-refractivity contribution in [2.75, 3.05) is 6.54 Å². The van der Waals surface area contributed by atoms with Gasteiger partial charge < -0.3 is 4.90 Å². The highest BCUT2D eigenvalue weighted by Crippen LogP contribution is 2.27. The Morgan fingerprint density at radius 1 is 1.20 bits per heavy atom. The SMILES string of the molecule is O=C(c1cc2ccccc2s1)N1CCn2nccc2C1. The predicted octanol–water partition coefficient (Wildman–Crippen LogP) is 2.75. The van der Waals surface area contributed by atoms with Crippen LogP contribution in [0.2, 0.25) is 0 Å². The van der Waals surface area contributed by atoms with Crippen molar-refractivity contribution in [2.45, 2.75) is 13.1 Å². The number of hydrogen-bond acceptors (Lipinski definition) is 3. The molecule has 1 aromatic carbocycles. The lowest BCUT2D eigenvalue weighted by atomic mass is 10.2. The predicted molar refractivity (Wildman–Crippen MR) is 78.8 cm³/mol. The van der Waals surface area contributed by atoms with E-state index in [9.17, 15) is 4.79 Å². The zero-order valence-electron chi connectivity index (χ0n) is 10.8. The van der Waals surface area contributed by atoms with Crippen LogP contribution in [0.3, 0.4) is 0 Å². The molecule has 2 aromatic heterocycles. The third-order valence-electron chi connectivity index (χ3n) is 3.66. The zero-order valence-corrected chi connectivity index (χ0v) is 11.6. The monoisotopic (exact) mass is 283 g/mol. The minimum absolute atomic E-state index is 0.124. The van der Waals surface area contributed by atoms with Crippen LogP contribution in [0.4, 0.5) is 0 Å². The standard InChI is InChI=1S/C15H13N3OS/c19-15(14-9-11-3-1-2-4-13(11)20-14)17-7-8-18-12(10-17)5-6-16-18/h1-6,9H,7-8,10H2. The van der Waals surface area contributed by atoms with Crippen molar-refractivity contribution in [3.8, 4) is 0 Å². The Labute approximate surface area is 120 Å². The highest BCUT2D eigenvalue weighted by molar-refractivity contribution is 7.20. The molecule has 0 saturated carbocycles. The van der Waals surface area contributed by atoms with Gasteiger partial charge >= 0.3 is 0 Å². The first-order chi connectivity index (χ1) is 9.81. The third-order valence-corrected chi connectivity index (χ3v) is 4.77. The molecule has 4 nitrogen and oxygen atoms in total. The molecular formula is C15H13N3OS. The van der Waals surface area contributed by atoms with E-state index < -0.39 is 0 Å². The Morgan fingerprint density at radius 3 is 3.00 bits per heavy atom. The van der Waals surface area contributed by atoms with Crippen molar-refractivity contribution < 1.29 is 4.79 Å². The molecule has 0 saturated heterocycles. The normalized spacial score (nSPS) is 14.5. The first kappa shape index (κ1) is 11.7. The fourth-order valence-corrected chi connectivity index (χ4v) is 3.63. The van der Waals surface area contributed by atoms with Crippen molar-refractivity contribution in [1.82, 2.24) is 14.7 Å². The van der Waals surface area contributed by atoms with Crippen molar-refractivity contribution in [1.29, 1.82) is 0 Å². The summed E-state index contributed by atoms with van der Waals surface area (Å²) < 4.78 is 3.13. The van der Waals surface area contributed by atoms with Crippen LogP contribution in [0, 0.1) is 0 Å². The van der Waals surface area contributed by atoms with Crippen LogP contribution in [0.15, 0.2) is 42.6 Å². The van der Waals surface area contributed by atoms with Crippen molar-refractivity contribution >= 4 is 27.3 Å². The highest BCUT2D eigenvalue weighted by Gasteiger charge is 2.23. The molecule has 1 aliphatic heterocycles. The van der Waals surface area contributed by atoms with E-state index in [2.05, 4.69) is 11.2 Å². The van der Waals surface area contributed by atoms with Gasteiger partial charge in [0.05, 0.1) is 23.7 Å². The van der Waals surface area contributed by atoms with E-state index >= 15 is 0 Å². The van der Waals surface area contributed by atoms with Crippen LogP contribution < -0.4 is 0 Å². The zero-order chi connectivity index (χ0) is 13.5. The minimum atomic E-state index is 0.124. The molecule has 0 fully saturated rings. The Bertz CT molecular complexity index is 756.